The minimum absolute atomic E-state index is 0.00666. The third kappa shape index (κ3) is 5.15. The van der Waals surface area contributed by atoms with Crippen LogP contribution < -0.4 is 16.0 Å². The van der Waals surface area contributed by atoms with Gasteiger partial charge in [-0.2, -0.15) is 10.2 Å². The van der Waals surface area contributed by atoms with Gasteiger partial charge in [-0.3, -0.25) is 0 Å². The van der Waals surface area contributed by atoms with Crippen LogP contribution >= 0.6 is 0 Å². The lowest BCUT2D eigenvalue weighted by Gasteiger charge is -2.61. The first-order valence-corrected chi connectivity index (χ1v) is 14.0. The smallest absolute Gasteiger partial charge is 0.248 e. The highest BCUT2D eigenvalue weighted by atomic mass is 19.3. The molecule has 5 fully saturated rings. The van der Waals surface area contributed by atoms with Gasteiger partial charge < -0.3 is 21.1 Å². The molecule has 7 rings (SSSR count). The third-order valence-electron chi connectivity index (χ3n) is 9.51. The summed E-state index contributed by atoms with van der Waals surface area (Å²) in [6.45, 7) is 1.14. The first kappa shape index (κ1) is 25.3. The van der Waals surface area contributed by atoms with Gasteiger partial charge in [0.15, 0.2) is 0 Å². The monoisotopic (exact) mass is 522 g/mol. The SMILES string of the molecule is N#Cc1cnc(NCc2ccccc2O)nc1NCC12CC3C[C@H](C1)C(NC1CCC(F)(F)CC1)[C@@H](C3)C2. The number of rotatable bonds is 8. The zero-order valence-electron chi connectivity index (χ0n) is 21.6. The molecule has 202 valence electrons. The Morgan fingerprint density at radius 2 is 1.79 bits per heavy atom. The minimum atomic E-state index is -2.49. The zero-order chi connectivity index (χ0) is 26.3. The fourth-order valence-electron chi connectivity index (χ4n) is 7.95. The Balaban J connectivity index is 1.10. The fourth-order valence-corrected chi connectivity index (χ4v) is 7.95. The first-order valence-electron chi connectivity index (χ1n) is 14.0. The Morgan fingerprint density at radius 1 is 1.05 bits per heavy atom. The molecule has 5 aliphatic rings. The van der Waals surface area contributed by atoms with Crippen LogP contribution in [-0.2, 0) is 6.54 Å². The third-order valence-corrected chi connectivity index (χ3v) is 9.51. The Bertz CT molecular complexity index is 1190. The molecule has 0 spiro atoms. The van der Waals surface area contributed by atoms with Crippen LogP contribution in [0.3, 0.4) is 0 Å². The number of phenolic OH excluding ortho intramolecular Hbond substituents is 1. The van der Waals surface area contributed by atoms with Crippen molar-refractivity contribution in [1.82, 2.24) is 15.3 Å². The minimum Gasteiger partial charge on any atom is -0.508 e. The summed E-state index contributed by atoms with van der Waals surface area (Å²) in [6, 6.07) is 9.98. The van der Waals surface area contributed by atoms with Gasteiger partial charge in [-0.1, -0.05) is 18.2 Å². The van der Waals surface area contributed by atoms with Crippen LogP contribution in [0.25, 0.3) is 0 Å². The number of hydrogen-bond acceptors (Lipinski definition) is 7. The fraction of sp³-hybridized carbons (Fsp3) is 0.621. The maximum atomic E-state index is 13.7. The molecule has 4 bridgehead atoms. The molecule has 7 nitrogen and oxygen atoms in total. The van der Waals surface area contributed by atoms with Crippen molar-refractivity contribution in [3.8, 4) is 11.8 Å². The van der Waals surface area contributed by atoms with E-state index in [2.05, 4.69) is 32.0 Å². The number of aromatic nitrogens is 2. The molecule has 5 saturated carbocycles. The topological polar surface area (TPSA) is 106 Å². The van der Waals surface area contributed by atoms with Crippen LogP contribution in [0.2, 0.25) is 0 Å². The summed E-state index contributed by atoms with van der Waals surface area (Å²) in [5.74, 6) is 0.560. The maximum absolute atomic E-state index is 13.7. The van der Waals surface area contributed by atoms with Gasteiger partial charge >= 0.3 is 0 Å². The van der Waals surface area contributed by atoms with E-state index in [1.807, 2.05) is 12.1 Å². The number of alkyl halides is 2. The van der Waals surface area contributed by atoms with E-state index in [-0.39, 0.29) is 30.0 Å². The number of benzene rings is 1. The molecule has 9 heteroatoms. The molecular weight excluding hydrogens is 486 g/mol. The van der Waals surface area contributed by atoms with Crippen molar-refractivity contribution in [1.29, 1.82) is 5.26 Å². The average molecular weight is 523 g/mol. The van der Waals surface area contributed by atoms with Crippen LogP contribution in [0.1, 0.15) is 68.9 Å². The summed E-state index contributed by atoms with van der Waals surface area (Å²) in [6.07, 6.45) is 8.61. The number of aromatic hydroxyl groups is 1. The Morgan fingerprint density at radius 3 is 2.50 bits per heavy atom. The molecule has 38 heavy (non-hydrogen) atoms. The van der Waals surface area contributed by atoms with Gasteiger partial charge in [0.1, 0.15) is 23.2 Å². The van der Waals surface area contributed by atoms with Crippen LogP contribution in [0, 0.1) is 34.5 Å². The second-order valence-electron chi connectivity index (χ2n) is 12.2. The zero-order valence-corrected chi connectivity index (χ0v) is 21.6. The lowest BCUT2D eigenvalue weighted by molar-refractivity contribution is -0.0799. The molecule has 1 aromatic carbocycles. The van der Waals surface area contributed by atoms with Gasteiger partial charge in [-0.05, 0) is 74.2 Å². The van der Waals surface area contributed by atoms with Crippen LogP contribution in [0.4, 0.5) is 20.5 Å². The number of halogens is 2. The average Bonchev–Trinajstić information content (AvgIpc) is 2.90. The summed E-state index contributed by atoms with van der Waals surface area (Å²) in [4.78, 5) is 8.88. The molecule has 0 radical (unpaired) electrons. The number of nitrogens with zero attached hydrogens (tertiary/aromatic N) is 3. The van der Waals surface area contributed by atoms with Crippen molar-refractivity contribution < 1.29 is 13.9 Å². The summed E-state index contributed by atoms with van der Waals surface area (Å²) in [7, 11) is 0. The van der Waals surface area contributed by atoms with Gasteiger partial charge in [-0.15, -0.1) is 0 Å². The number of nitriles is 1. The largest absolute Gasteiger partial charge is 0.508 e. The predicted octanol–water partition coefficient (Wildman–Crippen LogP) is 5.44. The van der Waals surface area contributed by atoms with E-state index in [0.29, 0.717) is 54.6 Å². The van der Waals surface area contributed by atoms with E-state index in [9.17, 15) is 19.1 Å². The lowest BCUT2D eigenvalue weighted by atomic mass is 9.47. The Kier molecular flexibility index (Phi) is 6.63. The van der Waals surface area contributed by atoms with E-state index in [0.717, 1.165) is 30.9 Å². The summed E-state index contributed by atoms with van der Waals surface area (Å²) >= 11 is 0. The summed E-state index contributed by atoms with van der Waals surface area (Å²) < 4.78 is 27.3. The van der Waals surface area contributed by atoms with E-state index in [4.69, 9.17) is 0 Å². The van der Waals surface area contributed by atoms with Crippen molar-refractivity contribution in [2.24, 2.45) is 23.2 Å². The molecule has 0 saturated heterocycles. The molecular formula is C29H36F2N6O. The molecule has 1 aromatic heterocycles. The van der Waals surface area contributed by atoms with E-state index < -0.39 is 5.92 Å². The molecule has 2 aromatic rings. The molecule has 0 amide bonds. The number of hydrogen-bond donors (Lipinski definition) is 4. The van der Waals surface area contributed by atoms with Crippen molar-refractivity contribution >= 4 is 11.8 Å². The second kappa shape index (κ2) is 9.96. The molecule has 5 aliphatic carbocycles. The normalized spacial score (nSPS) is 31.6. The summed E-state index contributed by atoms with van der Waals surface area (Å²) in [5, 5.41) is 30.2. The first-order chi connectivity index (χ1) is 18.3. The molecule has 4 N–H and O–H groups in total. The number of anilines is 2. The molecule has 1 heterocycles. The van der Waals surface area contributed by atoms with E-state index in [1.165, 1.54) is 25.5 Å². The molecule has 3 unspecified atom stereocenters. The highest BCUT2D eigenvalue weighted by molar-refractivity contribution is 5.53. The highest BCUT2D eigenvalue weighted by Crippen LogP contribution is 2.60. The molecule has 0 aliphatic heterocycles. The maximum Gasteiger partial charge on any atom is 0.248 e. The van der Waals surface area contributed by atoms with Gasteiger partial charge in [0, 0.05) is 43.6 Å². The van der Waals surface area contributed by atoms with Gasteiger partial charge in [0.05, 0.1) is 6.20 Å². The Hall–Kier alpha value is -2.99. The standard InChI is InChI=1S/C29H36F2N6O/c30-29(31)7-5-23(6-8-29)36-25-20-9-18-10-21(25)13-28(11-18,12-20)17-35-26-22(14-32)16-34-27(37-26)33-15-19-3-1-2-4-24(19)38/h1-4,16,18,20-21,23,25,36,38H,5-13,15,17H2,(H2,33,34,35,37)/t18?,20-,21+,25?,28?. The van der Waals surface area contributed by atoms with Crippen molar-refractivity contribution in [2.45, 2.75) is 82.3 Å². The summed E-state index contributed by atoms with van der Waals surface area (Å²) in [5.41, 5.74) is 1.33. The van der Waals surface area contributed by atoms with Crippen molar-refractivity contribution in [2.75, 3.05) is 17.2 Å². The highest BCUT2D eigenvalue weighted by Gasteiger charge is 2.55. The van der Waals surface area contributed by atoms with Gasteiger partial charge in [0.25, 0.3) is 0 Å². The Labute approximate surface area is 222 Å². The van der Waals surface area contributed by atoms with E-state index in [1.54, 1.807) is 12.1 Å². The molecule has 5 atom stereocenters. The number of para-hydroxylation sites is 1. The van der Waals surface area contributed by atoms with Crippen molar-refractivity contribution in [3.05, 3.63) is 41.6 Å². The van der Waals surface area contributed by atoms with Crippen molar-refractivity contribution in [3.63, 3.8) is 0 Å². The quantitative estimate of drug-likeness (QED) is 0.366. The van der Waals surface area contributed by atoms with Crippen LogP contribution in [0.5, 0.6) is 5.75 Å². The number of nitrogens with one attached hydrogen (secondary N) is 3. The second-order valence-corrected chi connectivity index (χ2v) is 12.2. The van der Waals surface area contributed by atoms with E-state index >= 15 is 0 Å². The van der Waals surface area contributed by atoms with Gasteiger partial charge in [-0.25, -0.2) is 13.8 Å². The number of phenols is 1. The van der Waals surface area contributed by atoms with Crippen LogP contribution in [-0.4, -0.2) is 39.6 Å². The van der Waals surface area contributed by atoms with Crippen LogP contribution in [0.15, 0.2) is 30.5 Å². The lowest BCUT2D eigenvalue weighted by Crippen LogP contribution is -2.61. The predicted molar refractivity (Wildman–Crippen MR) is 141 cm³/mol. The van der Waals surface area contributed by atoms with Gasteiger partial charge in [0.2, 0.25) is 11.9 Å².